The van der Waals surface area contributed by atoms with Gasteiger partial charge >= 0.3 is 5.97 Å². The molecular formula is C14H16O2S2. The van der Waals surface area contributed by atoms with Crippen LogP contribution in [0.1, 0.15) is 19.3 Å². The first-order valence-corrected chi connectivity index (χ1v) is 7.97. The molecule has 0 radical (unpaired) electrons. The summed E-state index contributed by atoms with van der Waals surface area (Å²) in [6.07, 6.45) is 11.8. The molecule has 1 heterocycles. The molecular weight excluding hydrogens is 264 g/mol. The Balaban J connectivity index is 2.14. The maximum Gasteiger partial charge on any atom is 0.384 e. The molecule has 1 atom stereocenters. The number of rotatable bonds is 2. The minimum Gasteiger partial charge on any atom is -0.449 e. The average molecular weight is 280 g/mol. The molecule has 2 aliphatic rings. The summed E-state index contributed by atoms with van der Waals surface area (Å²) >= 11 is 3.98. The van der Waals surface area contributed by atoms with Crippen molar-refractivity contribution in [3.63, 3.8) is 0 Å². The Kier molecular flexibility index (Phi) is 4.47. The number of hydrogen-bond donors (Lipinski definition) is 0. The van der Waals surface area contributed by atoms with Gasteiger partial charge in [-0.3, -0.25) is 0 Å². The number of thioether (sulfide) groups is 2. The maximum absolute atomic E-state index is 11.1. The van der Waals surface area contributed by atoms with Crippen LogP contribution in [-0.2, 0) is 9.53 Å². The molecule has 1 spiro atoms. The number of hydrogen-bond acceptors (Lipinski definition) is 4. The summed E-state index contributed by atoms with van der Waals surface area (Å²) in [5.41, 5.74) is 1.18. The predicted octanol–water partition coefficient (Wildman–Crippen LogP) is 3.00. The number of carbonyl (C=O) groups is 1. The van der Waals surface area contributed by atoms with Gasteiger partial charge < -0.3 is 4.74 Å². The SMILES string of the molecule is C#CC(=O)OC1C=C(C=C)C2(CC1)SCCCS2. The first-order chi connectivity index (χ1) is 8.70. The van der Waals surface area contributed by atoms with Gasteiger partial charge in [0.1, 0.15) is 6.10 Å². The Morgan fingerprint density at radius 1 is 1.61 bits per heavy atom. The third kappa shape index (κ3) is 2.78. The van der Waals surface area contributed by atoms with E-state index in [0.29, 0.717) is 0 Å². The molecule has 0 saturated carbocycles. The highest BCUT2D eigenvalue weighted by Crippen LogP contribution is 2.53. The van der Waals surface area contributed by atoms with E-state index in [0.717, 1.165) is 12.8 Å². The van der Waals surface area contributed by atoms with Crippen molar-refractivity contribution in [1.82, 2.24) is 0 Å². The number of ether oxygens (including phenoxy) is 1. The highest BCUT2D eigenvalue weighted by Gasteiger charge is 2.40. The highest BCUT2D eigenvalue weighted by molar-refractivity contribution is 8.19. The molecule has 1 aliphatic heterocycles. The zero-order valence-electron chi connectivity index (χ0n) is 10.2. The number of carbonyl (C=O) groups excluding carboxylic acids is 1. The quantitative estimate of drug-likeness (QED) is 0.441. The Bertz CT molecular complexity index is 414. The average Bonchev–Trinajstić information content (AvgIpc) is 2.42. The number of esters is 1. The van der Waals surface area contributed by atoms with Crippen LogP contribution in [0.2, 0.25) is 0 Å². The van der Waals surface area contributed by atoms with E-state index in [9.17, 15) is 4.79 Å². The largest absolute Gasteiger partial charge is 0.449 e. The maximum atomic E-state index is 11.1. The second-order valence-electron chi connectivity index (χ2n) is 4.26. The van der Waals surface area contributed by atoms with Crippen LogP contribution < -0.4 is 0 Å². The summed E-state index contributed by atoms with van der Waals surface area (Å²) in [5, 5.41) is 0. The van der Waals surface area contributed by atoms with E-state index in [1.165, 1.54) is 23.5 Å². The molecule has 1 unspecified atom stereocenters. The topological polar surface area (TPSA) is 26.3 Å². The van der Waals surface area contributed by atoms with Gasteiger partial charge in [-0.05, 0) is 42.4 Å². The van der Waals surface area contributed by atoms with Crippen molar-refractivity contribution in [2.75, 3.05) is 11.5 Å². The van der Waals surface area contributed by atoms with Gasteiger partial charge in [0.2, 0.25) is 0 Å². The summed E-state index contributed by atoms with van der Waals surface area (Å²) in [6, 6.07) is 0. The van der Waals surface area contributed by atoms with Crippen molar-refractivity contribution < 1.29 is 9.53 Å². The predicted molar refractivity (Wildman–Crippen MR) is 78.5 cm³/mol. The minimum absolute atomic E-state index is 0.124. The number of terminal acetylenes is 1. The van der Waals surface area contributed by atoms with Gasteiger partial charge in [0.05, 0.1) is 4.08 Å². The normalized spacial score (nSPS) is 25.9. The second-order valence-corrected chi connectivity index (χ2v) is 7.30. The van der Waals surface area contributed by atoms with Gasteiger partial charge in [-0.1, -0.05) is 12.7 Å². The lowest BCUT2D eigenvalue weighted by molar-refractivity contribution is -0.140. The molecule has 18 heavy (non-hydrogen) atoms. The van der Waals surface area contributed by atoms with Crippen molar-refractivity contribution in [1.29, 1.82) is 0 Å². The molecule has 2 rings (SSSR count). The minimum atomic E-state index is -0.584. The van der Waals surface area contributed by atoms with Crippen LogP contribution in [0, 0.1) is 12.3 Å². The van der Waals surface area contributed by atoms with Gasteiger partial charge in [-0.2, -0.15) is 0 Å². The standard InChI is InChI=1S/C14H16O2S2/c1-3-11-10-12(16-13(15)4-2)6-7-14(11)17-8-5-9-18-14/h2-3,10,12H,1,5-9H2. The Morgan fingerprint density at radius 2 is 2.33 bits per heavy atom. The van der Waals surface area contributed by atoms with Crippen molar-refractivity contribution in [2.45, 2.75) is 29.4 Å². The fourth-order valence-corrected chi connectivity index (χ4v) is 5.67. The van der Waals surface area contributed by atoms with Crippen LogP contribution in [0.4, 0.5) is 0 Å². The molecule has 0 aromatic heterocycles. The summed E-state index contributed by atoms with van der Waals surface area (Å²) in [7, 11) is 0. The second kappa shape index (κ2) is 5.90. The molecule has 0 bridgehead atoms. The molecule has 1 aliphatic carbocycles. The van der Waals surface area contributed by atoms with Gasteiger partial charge in [0.15, 0.2) is 0 Å². The monoisotopic (exact) mass is 280 g/mol. The lowest BCUT2D eigenvalue weighted by atomic mass is 9.96. The van der Waals surface area contributed by atoms with E-state index in [4.69, 9.17) is 11.2 Å². The van der Waals surface area contributed by atoms with E-state index < -0.39 is 5.97 Å². The van der Waals surface area contributed by atoms with Gasteiger partial charge in [-0.15, -0.1) is 29.9 Å². The van der Waals surface area contributed by atoms with Crippen molar-refractivity contribution >= 4 is 29.5 Å². The van der Waals surface area contributed by atoms with Crippen LogP contribution >= 0.6 is 23.5 Å². The van der Waals surface area contributed by atoms with Crippen molar-refractivity contribution in [3.8, 4) is 12.3 Å². The fourth-order valence-electron chi connectivity index (χ4n) is 2.26. The zero-order valence-corrected chi connectivity index (χ0v) is 11.8. The summed E-state index contributed by atoms with van der Waals surface area (Å²) in [6.45, 7) is 3.89. The molecule has 2 nitrogen and oxygen atoms in total. The zero-order chi connectivity index (χ0) is 13.0. The smallest absolute Gasteiger partial charge is 0.384 e. The van der Waals surface area contributed by atoms with E-state index in [2.05, 4.69) is 6.58 Å². The third-order valence-electron chi connectivity index (χ3n) is 3.12. The Hall–Kier alpha value is -0.790. The molecule has 96 valence electrons. The van der Waals surface area contributed by atoms with Gasteiger partial charge in [0, 0.05) is 5.92 Å². The van der Waals surface area contributed by atoms with Gasteiger partial charge in [0.25, 0.3) is 0 Å². The summed E-state index contributed by atoms with van der Waals surface area (Å²) in [5.74, 6) is 3.78. The summed E-state index contributed by atoms with van der Waals surface area (Å²) < 4.78 is 5.31. The molecule has 0 N–H and O–H groups in total. The molecule has 1 saturated heterocycles. The lowest BCUT2D eigenvalue weighted by Crippen LogP contribution is -2.34. The molecule has 4 heteroatoms. The fraction of sp³-hybridized carbons (Fsp3) is 0.500. The first-order valence-electron chi connectivity index (χ1n) is 6.00. The first kappa shape index (κ1) is 13.6. The molecule has 0 aromatic rings. The van der Waals surface area contributed by atoms with E-state index in [-0.39, 0.29) is 10.2 Å². The Labute approximate surface area is 117 Å². The van der Waals surface area contributed by atoms with E-state index in [1.807, 2.05) is 41.6 Å². The van der Waals surface area contributed by atoms with E-state index in [1.54, 1.807) is 0 Å². The molecule has 0 aromatic carbocycles. The lowest BCUT2D eigenvalue weighted by Gasteiger charge is -2.41. The van der Waals surface area contributed by atoms with Crippen LogP contribution in [0.25, 0.3) is 0 Å². The highest BCUT2D eigenvalue weighted by atomic mass is 32.2. The van der Waals surface area contributed by atoms with Crippen LogP contribution in [-0.4, -0.2) is 27.7 Å². The molecule has 1 fully saturated rings. The van der Waals surface area contributed by atoms with Crippen LogP contribution in [0.5, 0.6) is 0 Å². The third-order valence-corrected chi connectivity index (χ3v) is 6.62. The van der Waals surface area contributed by atoms with E-state index >= 15 is 0 Å². The summed E-state index contributed by atoms with van der Waals surface area (Å²) in [4.78, 5) is 11.1. The van der Waals surface area contributed by atoms with Crippen LogP contribution in [0.15, 0.2) is 24.3 Å². The van der Waals surface area contributed by atoms with Crippen molar-refractivity contribution in [3.05, 3.63) is 24.3 Å². The van der Waals surface area contributed by atoms with Gasteiger partial charge in [-0.25, -0.2) is 4.79 Å². The van der Waals surface area contributed by atoms with Crippen molar-refractivity contribution in [2.24, 2.45) is 0 Å². The Morgan fingerprint density at radius 3 is 2.94 bits per heavy atom. The van der Waals surface area contributed by atoms with Crippen LogP contribution in [0.3, 0.4) is 0 Å². The molecule has 0 amide bonds. The number of allylic oxidation sites excluding steroid dienone is 1.